The number of thiazole rings is 1. The van der Waals surface area contributed by atoms with Crippen LogP contribution in [0.15, 0.2) is 34.9 Å². The van der Waals surface area contributed by atoms with Gasteiger partial charge in [-0.15, -0.1) is 11.3 Å². The van der Waals surface area contributed by atoms with E-state index in [-0.39, 0.29) is 11.9 Å². The zero-order chi connectivity index (χ0) is 18.1. The summed E-state index contributed by atoms with van der Waals surface area (Å²) in [5.74, 6) is 1.18. The SMILES string of the molecule is Cc1nc(C)c(CC(=O)N2CCCC2c2nc(-c3ccccc3)no2)s1. The minimum Gasteiger partial charge on any atom is -0.337 e. The number of aromatic nitrogens is 3. The van der Waals surface area contributed by atoms with Crippen LogP contribution < -0.4 is 0 Å². The number of hydrogen-bond acceptors (Lipinski definition) is 6. The highest BCUT2D eigenvalue weighted by Gasteiger charge is 2.34. The van der Waals surface area contributed by atoms with Gasteiger partial charge in [0.25, 0.3) is 0 Å². The molecule has 1 aliphatic rings. The van der Waals surface area contributed by atoms with Crippen molar-refractivity contribution in [3.8, 4) is 11.4 Å². The number of aryl methyl sites for hydroxylation is 2. The van der Waals surface area contributed by atoms with E-state index in [1.165, 1.54) is 0 Å². The minimum atomic E-state index is -0.137. The molecular formula is C19H20N4O2S. The highest BCUT2D eigenvalue weighted by Crippen LogP contribution is 2.33. The normalized spacial score (nSPS) is 17.0. The van der Waals surface area contributed by atoms with Gasteiger partial charge in [-0.25, -0.2) is 4.98 Å². The smallest absolute Gasteiger partial charge is 0.249 e. The molecule has 1 atom stereocenters. The Bertz CT molecular complexity index is 919. The van der Waals surface area contributed by atoms with Crippen LogP contribution in [0.5, 0.6) is 0 Å². The lowest BCUT2D eigenvalue weighted by atomic mass is 10.2. The van der Waals surface area contributed by atoms with Gasteiger partial charge in [0.15, 0.2) is 0 Å². The molecule has 134 valence electrons. The van der Waals surface area contributed by atoms with E-state index in [1.807, 2.05) is 49.1 Å². The molecule has 6 nitrogen and oxygen atoms in total. The number of rotatable bonds is 4. The number of benzene rings is 1. The van der Waals surface area contributed by atoms with E-state index in [4.69, 9.17) is 4.52 Å². The molecule has 2 aromatic heterocycles. The predicted octanol–water partition coefficient (Wildman–Crippen LogP) is 3.72. The minimum absolute atomic E-state index is 0.0960. The first-order chi connectivity index (χ1) is 12.6. The molecule has 0 spiro atoms. The molecule has 1 aliphatic heterocycles. The summed E-state index contributed by atoms with van der Waals surface area (Å²) in [4.78, 5) is 24.7. The summed E-state index contributed by atoms with van der Waals surface area (Å²) in [6, 6.07) is 9.58. The maximum atomic E-state index is 12.9. The molecule has 0 N–H and O–H groups in total. The third kappa shape index (κ3) is 3.26. The van der Waals surface area contributed by atoms with Crippen molar-refractivity contribution >= 4 is 17.2 Å². The summed E-state index contributed by atoms with van der Waals surface area (Å²) >= 11 is 1.59. The predicted molar refractivity (Wildman–Crippen MR) is 98.7 cm³/mol. The summed E-state index contributed by atoms with van der Waals surface area (Å²) in [5.41, 5.74) is 1.86. The standard InChI is InChI=1S/C19H20N4O2S/c1-12-16(26-13(2)20-12)11-17(24)23-10-6-9-15(23)19-21-18(22-25-19)14-7-4-3-5-8-14/h3-5,7-8,15H,6,9-11H2,1-2H3. The van der Waals surface area contributed by atoms with Crippen LogP contribution in [0.25, 0.3) is 11.4 Å². The van der Waals surface area contributed by atoms with Gasteiger partial charge in [-0.05, 0) is 26.7 Å². The lowest BCUT2D eigenvalue weighted by molar-refractivity contribution is -0.131. The van der Waals surface area contributed by atoms with Crippen LogP contribution in [0, 0.1) is 13.8 Å². The molecule has 0 aliphatic carbocycles. The van der Waals surface area contributed by atoms with E-state index in [2.05, 4.69) is 15.1 Å². The van der Waals surface area contributed by atoms with E-state index < -0.39 is 0 Å². The van der Waals surface area contributed by atoms with Crippen molar-refractivity contribution < 1.29 is 9.32 Å². The summed E-state index contributed by atoms with van der Waals surface area (Å²) in [6.07, 6.45) is 2.18. The van der Waals surface area contributed by atoms with E-state index in [1.54, 1.807) is 11.3 Å². The van der Waals surface area contributed by atoms with Gasteiger partial charge in [0, 0.05) is 17.0 Å². The van der Waals surface area contributed by atoms with Crippen molar-refractivity contribution in [1.82, 2.24) is 20.0 Å². The number of amides is 1. The van der Waals surface area contributed by atoms with Crippen molar-refractivity contribution in [2.24, 2.45) is 0 Å². The number of carbonyl (C=O) groups is 1. The molecule has 0 radical (unpaired) electrons. The third-order valence-corrected chi connectivity index (χ3v) is 5.72. The molecule has 0 saturated carbocycles. The molecule has 1 aromatic carbocycles. The Labute approximate surface area is 155 Å². The van der Waals surface area contributed by atoms with Crippen LogP contribution in [-0.2, 0) is 11.2 Å². The first kappa shape index (κ1) is 16.9. The van der Waals surface area contributed by atoms with Gasteiger partial charge in [-0.1, -0.05) is 35.5 Å². The van der Waals surface area contributed by atoms with E-state index in [0.29, 0.717) is 18.1 Å². The van der Waals surface area contributed by atoms with Crippen molar-refractivity contribution in [2.45, 2.75) is 39.2 Å². The number of likely N-dealkylation sites (tertiary alicyclic amines) is 1. The molecule has 1 fully saturated rings. The Morgan fingerprint density at radius 2 is 2.08 bits per heavy atom. The average molecular weight is 368 g/mol. The van der Waals surface area contributed by atoms with E-state index in [9.17, 15) is 4.79 Å². The molecule has 7 heteroatoms. The Kier molecular flexibility index (Phi) is 4.55. The summed E-state index contributed by atoms with van der Waals surface area (Å²) < 4.78 is 5.50. The van der Waals surface area contributed by atoms with Crippen LogP contribution in [0.2, 0.25) is 0 Å². The lowest BCUT2D eigenvalue weighted by Crippen LogP contribution is -2.32. The number of carbonyl (C=O) groups excluding carboxylic acids is 1. The van der Waals surface area contributed by atoms with Crippen LogP contribution in [0.3, 0.4) is 0 Å². The monoisotopic (exact) mass is 368 g/mol. The van der Waals surface area contributed by atoms with Crippen molar-refractivity contribution in [1.29, 1.82) is 0 Å². The zero-order valence-electron chi connectivity index (χ0n) is 14.8. The number of hydrogen-bond donors (Lipinski definition) is 0. The quantitative estimate of drug-likeness (QED) is 0.702. The highest BCUT2D eigenvalue weighted by atomic mass is 32.1. The Morgan fingerprint density at radius 3 is 2.81 bits per heavy atom. The fourth-order valence-corrected chi connectivity index (χ4v) is 4.30. The van der Waals surface area contributed by atoms with Gasteiger partial charge < -0.3 is 9.42 Å². The van der Waals surface area contributed by atoms with Gasteiger partial charge in [-0.2, -0.15) is 4.98 Å². The van der Waals surface area contributed by atoms with E-state index in [0.717, 1.165) is 40.5 Å². The molecule has 4 rings (SSSR count). The second-order valence-corrected chi connectivity index (χ2v) is 7.77. The zero-order valence-corrected chi connectivity index (χ0v) is 15.6. The third-order valence-electron chi connectivity index (χ3n) is 4.64. The fraction of sp³-hybridized carbons (Fsp3) is 0.368. The molecule has 3 aromatic rings. The van der Waals surface area contributed by atoms with Gasteiger partial charge >= 0.3 is 0 Å². The van der Waals surface area contributed by atoms with Crippen LogP contribution in [0.1, 0.15) is 40.4 Å². The summed E-state index contributed by atoms with van der Waals surface area (Å²) in [7, 11) is 0. The second kappa shape index (κ2) is 6.99. The van der Waals surface area contributed by atoms with E-state index >= 15 is 0 Å². The van der Waals surface area contributed by atoms with Crippen molar-refractivity contribution in [3.05, 3.63) is 51.8 Å². The highest BCUT2D eigenvalue weighted by molar-refractivity contribution is 7.11. The van der Waals surface area contributed by atoms with Crippen molar-refractivity contribution in [2.75, 3.05) is 6.54 Å². The maximum Gasteiger partial charge on any atom is 0.249 e. The molecule has 1 unspecified atom stereocenters. The molecular weight excluding hydrogens is 348 g/mol. The van der Waals surface area contributed by atoms with Gasteiger partial charge in [0.05, 0.1) is 17.1 Å². The number of nitrogens with zero attached hydrogens (tertiary/aromatic N) is 4. The Hall–Kier alpha value is -2.54. The first-order valence-electron chi connectivity index (χ1n) is 8.73. The van der Waals surface area contributed by atoms with Crippen molar-refractivity contribution in [3.63, 3.8) is 0 Å². The van der Waals surface area contributed by atoms with Crippen LogP contribution >= 0.6 is 11.3 Å². The van der Waals surface area contributed by atoms with Gasteiger partial charge in [0.2, 0.25) is 17.6 Å². The molecule has 26 heavy (non-hydrogen) atoms. The summed E-state index contributed by atoms with van der Waals surface area (Å²) in [6.45, 7) is 4.65. The maximum absolute atomic E-state index is 12.9. The summed E-state index contributed by atoms with van der Waals surface area (Å²) in [5, 5.41) is 5.09. The second-order valence-electron chi connectivity index (χ2n) is 6.49. The Morgan fingerprint density at radius 1 is 1.27 bits per heavy atom. The molecule has 3 heterocycles. The first-order valence-corrected chi connectivity index (χ1v) is 9.55. The molecule has 1 amide bonds. The molecule has 0 bridgehead atoms. The largest absolute Gasteiger partial charge is 0.337 e. The van der Waals surface area contributed by atoms with Gasteiger partial charge in [-0.3, -0.25) is 4.79 Å². The Balaban J connectivity index is 1.52. The molecule has 1 saturated heterocycles. The topological polar surface area (TPSA) is 72.1 Å². The van der Waals surface area contributed by atoms with Crippen LogP contribution in [-0.4, -0.2) is 32.5 Å². The van der Waals surface area contributed by atoms with Gasteiger partial charge in [0.1, 0.15) is 6.04 Å². The average Bonchev–Trinajstić information content (AvgIpc) is 3.35. The lowest BCUT2D eigenvalue weighted by Gasteiger charge is -2.21. The fourth-order valence-electron chi connectivity index (χ4n) is 3.37. The van der Waals surface area contributed by atoms with Crippen LogP contribution in [0.4, 0.5) is 0 Å².